The predicted octanol–water partition coefficient (Wildman–Crippen LogP) is 1.76. The summed E-state index contributed by atoms with van der Waals surface area (Å²) in [5.41, 5.74) is -0.579. The number of carbonyl (C=O) groups is 1. The van der Waals surface area contributed by atoms with Crippen LogP contribution in [0.25, 0.3) is 0 Å². The molecule has 1 rings (SSSR count). The lowest BCUT2D eigenvalue weighted by Gasteiger charge is -2.30. The van der Waals surface area contributed by atoms with Gasteiger partial charge in [-0.15, -0.1) is 0 Å². The predicted molar refractivity (Wildman–Crippen MR) is 57.9 cm³/mol. The van der Waals surface area contributed by atoms with E-state index in [0.29, 0.717) is 12.8 Å². The molecule has 5 heteroatoms. The Kier molecular flexibility index (Phi) is 4.13. The van der Waals surface area contributed by atoms with Gasteiger partial charge in [-0.25, -0.2) is 9.18 Å². The molecule has 0 bridgehead atoms. The van der Waals surface area contributed by atoms with Gasteiger partial charge in [0, 0.05) is 6.42 Å². The van der Waals surface area contributed by atoms with Crippen molar-refractivity contribution in [2.45, 2.75) is 64.0 Å². The molecule has 0 heterocycles. The number of aliphatic hydroxyl groups excluding tert-OH is 1. The fourth-order valence-electron chi connectivity index (χ4n) is 1.72. The first-order valence-corrected chi connectivity index (χ1v) is 5.59. The molecule has 4 nitrogen and oxygen atoms in total. The Labute approximate surface area is 95.2 Å². The summed E-state index contributed by atoms with van der Waals surface area (Å²) in [7, 11) is 0. The SMILES string of the molecule is CC(C)(C)OC(=O)N[C@@H]1CC[C@H](O)C[C@@H]1F. The zero-order valence-corrected chi connectivity index (χ0v) is 10.00. The van der Waals surface area contributed by atoms with Crippen molar-refractivity contribution < 1.29 is 19.0 Å². The standard InChI is InChI=1S/C11H20FNO3/c1-11(2,3)16-10(15)13-9-5-4-7(14)6-8(9)12/h7-9,14H,4-6H2,1-3H3,(H,13,15)/t7-,8-,9+/m0/s1. The second kappa shape index (κ2) is 4.99. The molecule has 2 N–H and O–H groups in total. The molecule has 1 saturated carbocycles. The largest absolute Gasteiger partial charge is 0.444 e. The molecular formula is C11H20FNO3. The van der Waals surface area contributed by atoms with Gasteiger partial charge in [-0.1, -0.05) is 0 Å². The summed E-state index contributed by atoms with van der Waals surface area (Å²) in [5.74, 6) is 0. The topological polar surface area (TPSA) is 58.6 Å². The summed E-state index contributed by atoms with van der Waals surface area (Å²) in [6.07, 6.45) is -1.34. The van der Waals surface area contributed by atoms with Crippen molar-refractivity contribution in [3.63, 3.8) is 0 Å². The molecule has 0 aromatic carbocycles. The number of halogens is 1. The van der Waals surface area contributed by atoms with Crippen molar-refractivity contribution in [3.8, 4) is 0 Å². The molecule has 1 amide bonds. The third kappa shape index (κ3) is 4.35. The van der Waals surface area contributed by atoms with Crippen LogP contribution in [0.2, 0.25) is 0 Å². The summed E-state index contributed by atoms with van der Waals surface area (Å²) >= 11 is 0. The van der Waals surface area contributed by atoms with Crippen molar-refractivity contribution in [3.05, 3.63) is 0 Å². The number of alkyl halides is 1. The molecule has 94 valence electrons. The van der Waals surface area contributed by atoms with Gasteiger partial charge in [-0.3, -0.25) is 0 Å². The number of carbonyl (C=O) groups excluding carboxylic acids is 1. The first-order chi connectivity index (χ1) is 7.28. The summed E-state index contributed by atoms with van der Waals surface area (Å²) in [6.45, 7) is 5.26. The number of rotatable bonds is 1. The summed E-state index contributed by atoms with van der Waals surface area (Å²) in [5, 5.41) is 11.7. The van der Waals surface area contributed by atoms with Crippen molar-refractivity contribution in [1.29, 1.82) is 0 Å². The minimum absolute atomic E-state index is 0.0838. The summed E-state index contributed by atoms with van der Waals surface area (Å²) in [6, 6.07) is -0.543. The van der Waals surface area contributed by atoms with Crippen LogP contribution in [0.3, 0.4) is 0 Å². The third-order valence-corrected chi connectivity index (χ3v) is 2.45. The van der Waals surface area contributed by atoms with E-state index in [9.17, 15) is 14.3 Å². The molecule has 1 fully saturated rings. The Morgan fingerprint density at radius 1 is 1.44 bits per heavy atom. The first-order valence-electron chi connectivity index (χ1n) is 5.59. The first kappa shape index (κ1) is 13.2. The van der Waals surface area contributed by atoms with Gasteiger partial charge >= 0.3 is 6.09 Å². The normalized spacial score (nSPS) is 30.9. The van der Waals surface area contributed by atoms with Crippen molar-refractivity contribution in [1.82, 2.24) is 5.32 Å². The number of amides is 1. The lowest BCUT2D eigenvalue weighted by atomic mass is 9.91. The van der Waals surface area contributed by atoms with E-state index in [2.05, 4.69) is 5.32 Å². The molecule has 0 unspecified atom stereocenters. The third-order valence-electron chi connectivity index (χ3n) is 2.45. The highest BCUT2D eigenvalue weighted by Gasteiger charge is 2.31. The van der Waals surface area contributed by atoms with Crippen LogP contribution in [0.4, 0.5) is 9.18 Å². The molecule has 0 radical (unpaired) electrons. The van der Waals surface area contributed by atoms with Crippen molar-refractivity contribution in [2.24, 2.45) is 0 Å². The van der Waals surface area contributed by atoms with E-state index in [0.717, 1.165) is 0 Å². The zero-order chi connectivity index (χ0) is 12.3. The molecule has 16 heavy (non-hydrogen) atoms. The molecule has 0 saturated heterocycles. The number of nitrogens with one attached hydrogen (secondary N) is 1. The van der Waals surface area contributed by atoms with Gasteiger partial charge in [0.15, 0.2) is 0 Å². The zero-order valence-electron chi connectivity index (χ0n) is 10.00. The summed E-state index contributed by atoms with van der Waals surface area (Å²) in [4.78, 5) is 11.4. The number of alkyl carbamates (subject to hydrolysis) is 1. The molecule has 1 aliphatic rings. The number of ether oxygens (including phenoxy) is 1. The minimum atomic E-state index is -1.20. The molecule has 0 aliphatic heterocycles. The molecule has 0 spiro atoms. The highest BCUT2D eigenvalue weighted by atomic mass is 19.1. The highest BCUT2D eigenvalue weighted by molar-refractivity contribution is 5.68. The molecule has 0 aromatic rings. The van der Waals surface area contributed by atoms with Crippen LogP contribution >= 0.6 is 0 Å². The van der Waals surface area contributed by atoms with Crippen molar-refractivity contribution >= 4 is 6.09 Å². The maximum atomic E-state index is 13.5. The average molecular weight is 233 g/mol. The highest BCUT2D eigenvalue weighted by Crippen LogP contribution is 2.22. The second-order valence-corrected chi connectivity index (χ2v) is 5.24. The fraction of sp³-hybridized carbons (Fsp3) is 0.909. The van der Waals surface area contributed by atoms with Crippen LogP contribution in [0.15, 0.2) is 0 Å². The van der Waals surface area contributed by atoms with Gasteiger partial charge in [-0.05, 0) is 33.6 Å². The molecular weight excluding hydrogens is 213 g/mol. The van der Waals surface area contributed by atoms with E-state index in [1.807, 2.05) is 0 Å². The smallest absolute Gasteiger partial charge is 0.407 e. The van der Waals surface area contributed by atoms with Crippen LogP contribution in [-0.2, 0) is 4.74 Å². The van der Waals surface area contributed by atoms with E-state index < -0.39 is 30.0 Å². The van der Waals surface area contributed by atoms with Crippen LogP contribution in [0.1, 0.15) is 40.0 Å². The van der Waals surface area contributed by atoms with E-state index >= 15 is 0 Å². The molecule has 0 aromatic heterocycles. The average Bonchev–Trinajstić information content (AvgIpc) is 2.06. The van der Waals surface area contributed by atoms with Gasteiger partial charge in [0.05, 0.1) is 12.1 Å². The van der Waals surface area contributed by atoms with E-state index in [1.54, 1.807) is 20.8 Å². The number of aliphatic hydroxyl groups is 1. The Hall–Kier alpha value is -0.840. The van der Waals surface area contributed by atoms with Crippen LogP contribution < -0.4 is 5.32 Å². The summed E-state index contributed by atoms with van der Waals surface area (Å²) < 4.78 is 18.5. The van der Waals surface area contributed by atoms with E-state index in [-0.39, 0.29) is 6.42 Å². The van der Waals surface area contributed by atoms with Gasteiger partial charge < -0.3 is 15.2 Å². The lowest BCUT2D eigenvalue weighted by molar-refractivity contribution is 0.0325. The van der Waals surface area contributed by atoms with Gasteiger partial charge in [0.25, 0.3) is 0 Å². The Morgan fingerprint density at radius 2 is 2.06 bits per heavy atom. The van der Waals surface area contributed by atoms with E-state index in [1.165, 1.54) is 0 Å². The van der Waals surface area contributed by atoms with Crippen LogP contribution in [0.5, 0.6) is 0 Å². The van der Waals surface area contributed by atoms with Gasteiger partial charge in [-0.2, -0.15) is 0 Å². The van der Waals surface area contributed by atoms with Crippen molar-refractivity contribution in [2.75, 3.05) is 0 Å². The second-order valence-electron chi connectivity index (χ2n) is 5.24. The number of hydrogen-bond donors (Lipinski definition) is 2. The Morgan fingerprint density at radius 3 is 2.56 bits per heavy atom. The molecule has 3 atom stereocenters. The lowest BCUT2D eigenvalue weighted by Crippen LogP contribution is -2.47. The van der Waals surface area contributed by atoms with Gasteiger partial charge in [0.2, 0.25) is 0 Å². The minimum Gasteiger partial charge on any atom is -0.444 e. The van der Waals surface area contributed by atoms with E-state index in [4.69, 9.17) is 4.74 Å². The van der Waals surface area contributed by atoms with Gasteiger partial charge in [0.1, 0.15) is 11.8 Å². The monoisotopic (exact) mass is 233 g/mol. The fourth-order valence-corrected chi connectivity index (χ4v) is 1.72. The Balaban J connectivity index is 2.39. The maximum Gasteiger partial charge on any atom is 0.407 e. The maximum absolute atomic E-state index is 13.5. The number of hydrogen-bond acceptors (Lipinski definition) is 3. The van der Waals surface area contributed by atoms with Crippen LogP contribution in [0, 0.1) is 0 Å². The van der Waals surface area contributed by atoms with Crippen LogP contribution in [-0.4, -0.2) is 35.1 Å². The molecule has 1 aliphatic carbocycles. The Bertz CT molecular complexity index is 252. The quantitative estimate of drug-likeness (QED) is 0.725.